The van der Waals surface area contributed by atoms with Crippen molar-refractivity contribution in [3.8, 4) is 5.75 Å². The molecule has 0 radical (unpaired) electrons. The SMILES string of the molecule is CC(C)NCc1ccccc1COc1cnn(C)c1. The Balaban J connectivity index is 1.99. The van der Waals surface area contributed by atoms with E-state index >= 15 is 0 Å². The molecule has 4 nitrogen and oxygen atoms in total. The molecular formula is C15H21N3O. The zero-order chi connectivity index (χ0) is 13.7. The summed E-state index contributed by atoms with van der Waals surface area (Å²) in [6.07, 6.45) is 3.60. The summed E-state index contributed by atoms with van der Waals surface area (Å²) in [4.78, 5) is 0. The second kappa shape index (κ2) is 6.38. The van der Waals surface area contributed by atoms with Gasteiger partial charge in [-0.05, 0) is 11.1 Å². The van der Waals surface area contributed by atoms with Crippen LogP contribution in [0.3, 0.4) is 0 Å². The van der Waals surface area contributed by atoms with Gasteiger partial charge in [0.25, 0.3) is 0 Å². The van der Waals surface area contributed by atoms with Gasteiger partial charge in [-0.25, -0.2) is 0 Å². The van der Waals surface area contributed by atoms with Crippen molar-refractivity contribution in [2.24, 2.45) is 7.05 Å². The summed E-state index contributed by atoms with van der Waals surface area (Å²) in [5.41, 5.74) is 2.49. The Morgan fingerprint density at radius 1 is 1.26 bits per heavy atom. The summed E-state index contributed by atoms with van der Waals surface area (Å²) in [6.45, 7) is 5.73. The number of aromatic nitrogens is 2. The highest BCUT2D eigenvalue weighted by atomic mass is 16.5. The molecule has 0 spiro atoms. The normalized spacial score (nSPS) is 10.9. The zero-order valence-corrected chi connectivity index (χ0v) is 11.8. The summed E-state index contributed by atoms with van der Waals surface area (Å²) < 4.78 is 7.49. The fourth-order valence-electron chi connectivity index (χ4n) is 1.82. The molecule has 0 fully saturated rings. The Bertz CT molecular complexity index is 520. The number of hydrogen-bond acceptors (Lipinski definition) is 3. The van der Waals surface area contributed by atoms with Crippen LogP contribution in [-0.4, -0.2) is 15.8 Å². The smallest absolute Gasteiger partial charge is 0.157 e. The van der Waals surface area contributed by atoms with E-state index in [4.69, 9.17) is 4.74 Å². The zero-order valence-electron chi connectivity index (χ0n) is 11.8. The van der Waals surface area contributed by atoms with Crippen LogP contribution >= 0.6 is 0 Å². The molecule has 2 aromatic rings. The van der Waals surface area contributed by atoms with E-state index in [1.165, 1.54) is 11.1 Å². The Kier molecular flexibility index (Phi) is 4.58. The minimum absolute atomic E-state index is 0.479. The first kappa shape index (κ1) is 13.6. The first-order valence-electron chi connectivity index (χ1n) is 6.57. The average molecular weight is 259 g/mol. The van der Waals surface area contributed by atoms with Crippen LogP contribution in [0.5, 0.6) is 5.75 Å². The number of rotatable bonds is 6. The van der Waals surface area contributed by atoms with Gasteiger partial charge in [0.05, 0.1) is 12.4 Å². The Morgan fingerprint density at radius 2 is 2.00 bits per heavy atom. The summed E-state index contributed by atoms with van der Waals surface area (Å²) in [5, 5.41) is 7.52. The predicted octanol–water partition coefficient (Wildman–Crippen LogP) is 2.50. The first-order valence-corrected chi connectivity index (χ1v) is 6.57. The molecule has 1 aromatic carbocycles. The number of nitrogens with zero attached hydrogens (tertiary/aromatic N) is 2. The quantitative estimate of drug-likeness (QED) is 0.866. The molecule has 0 saturated heterocycles. The molecular weight excluding hydrogens is 238 g/mol. The molecule has 4 heteroatoms. The number of benzene rings is 1. The van der Waals surface area contributed by atoms with Crippen molar-refractivity contribution < 1.29 is 4.74 Å². The Morgan fingerprint density at radius 3 is 2.63 bits per heavy atom. The van der Waals surface area contributed by atoms with Gasteiger partial charge in [-0.15, -0.1) is 0 Å². The molecule has 1 N–H and O–H groups in total. The minimum atomic E-state index is 0.479. The van der Waals surface area contributed by atoms with E-state index in [9.17, 15) is 0 Å². The number of nitrogens with one attached hydrogen (secondary N) is 1. The number of hydrogen-bond donors (Lipinski definition) is 1. The lowest BCUT2D eigenvalue weighted by molar-refractivity contribution is 0.304. The van der Waals surface area contributed by atoms with E-state index in [1.54, 1.807) is 10.9 Å². The van der Waals surface area contributed by atoms with Crippen LogP contribution in [0.2, 0.25) is 0 Å². The third kappa shape index (κ3) is 4.10. The molecule has 19 heavy (non-hydrogen) atoms. The van der Waals surface area contributed by atoms with Crippen LogP contribution in [0.25, 0.3) is 0 Å². The maximum absolute atomic E-state index is 5.75. The summed E-state index contributed by atoms with van der Waals surface area (Å²) in [7, 11) is 1.88. The maximum atomic E-state index is 5.75. The lowest BCUT2D eigenvalue weighted by Gasteiger charge is -2.12. The second-order valence-electron chi connectivity index (χ2n) is 4.94. The van der Waals surface area contributed by atoms with Crippen molar-refractivity contribution in [2.45, 2.75) is 33.0 Å². The predicted molar refractivity (Wildman–Crippen MR) is 76.0 cm³/mol. The van der Waals surface area contributed by atoms with E-state index in [1.807, 2.05) is 19.3 Å². The van der Waals surface area contributed by atoms with Crippen LogP contribution in [-0.2, 0) is 20.2 Å². The number of ether oxygens (including phenoxy) is 1. The molecule has 1 aromatic heterocycles. The van der Waals surface area contributed by atoms with Crippen LogP contribution in [0, 0.1) is 0 Å². The monoisotopic (exact) mass is 259 g/mol. The van der Waals surface area contributed by atoms with Crippen LogP contribution in [0.15, 0.2) is 36.7 Å². The van der Waals surface area contributed by atoms with Crippen LogP contribution in [0.4, 0.5) is 0 Å². The highest BCUT2D eigenvalue weighted by Crippen LogP contribution is 2.14. The van der Waals surface area contributed by atoms with Gasteiger partial charge in [0.15, 0.2) is 5.75 Å². The van der Waals surface area contributed by atoms with E-state index in [0.29, 0.717) is 12.6 Å². The number of aryl methyl sites for hydroxylation is 1. The van der Waals surface area contributed by atoms with Gasteiger partial charge < -0.3 is 10.1 Å². The molecule has 0 aliphatic rings. The van der Waals surface area contributed by atoms with E-state index in [-0.39, 0.29) is 0 Å². The topological polar surface area (TPSA) is 39.1 Å². The standard InChI is InChI=1S/C15H21N3O/c1-12(2)16-8-13-6-4-5-7-14(13)11-19-15-9-17-18(3)10-15/h4-7,9-10,12,16H,8,11H2,1-3H3. The fourth-order valence-corrected chi connectivity index (χ4v) is 1.82. The van der Waals surface area contributed by atoms with Gasteiger partial charge >= 0.3 is 0 Å². The van der Waals surface area contributed by atoms with Gasteiger partial charge in [0.1, 0.15) is 6.61 Å². The molecule has 1 heterocycles. The molecule has 0 amide bonds. The Labute approximate surface area is 114 Å². The van der Waals surface area contributed by atoms with Crippen molar-refractivity contribution in [1.82, 2.24) is 15.1 Å². The van der Waals surface area contributed by atoms with Crippen molar-refractivity contribution in [3.05, 3.63) is 47.8 Å². The molecule has 0 aliphatic carbocycles. The van der Waals surface area contributed by atoms with Crippen molar-refractivity contribution in [3.63, 3.8) is 0 Å². The average Bonchev–Trinajstić information content (AvgIpc) is 2.80. The fraction of sp³-hybridized carbons (Fsp3) is 0.400. The highest BCUT2D eigenvalue weighted by molar-refractivity contribution is 5.27. The van der Waals surface area contributed by atoms with Gasteiger partial charge in [-0.1, -0.05) is 38.1 Å². The van der Waals surface area contributed by atoms with Crippen molar-refractivity contribution in [1.29, 1.82) is 0 Å². The van der Waals surface area contributed by atoms with Gasteiger partial charge in [-0.2, -0.15) is 5.10 Å². The Hall–Kier alpha value is -1.81. The van der Waals surface area contributed by atoms with Crippen LogP contribution in [0.1, 0.15) is 25.0 Å². The van der Waals surface area contributed by atoms with Gasteiger partial charge in [0.2, 0.25) is 0 Å². The molecule has 0 saturated carbocycles. The highest BCUT2D eigenvalue weighted by Gasteiger charge is 2.04. The lowest BCUT2D eigenvalue weighted by atomic mass is 10.1. The summed E-state index contributed by atoms with van der Waals surface area (Å²) in [5.74, 6) is 0.800. The van der Waals surface area contributed by atoms with E-state index < -0.39 is 0 Å². The lowest BCUT2D eigenvalue weighted by Crippen LogP contribution is -2.22. The van der Waals surface area contributed by atoms with Crippen molar-refractivity contribution >= 4 is 0 Å². The van der Waals surface area contributed by atoms with E-state index in [0.717, 1.165) is 12.3 Å². The largest absolute Gasteiger partial charge is 0.486 e. The summed E-state index contributed by atoms with van der Waals surface area (Å²) >= 11 is 0. The molecule has 0 bridgehead atoms. The van der Waals surface area contributed by atoms with Crippen molar-refractivity contribution in [2.75, 3.05) is 0 Å². The van der Waals surface area contributed by atoms with Gasteiger partial charge in [-0.3, -0.25) is 4.68 Å². The van der Waals surface area contributed by atoms with Crippen LogP contribution < -0.4 is 10.1 Å². The molecule has 2 rings (SSSR count). The molecule has 0 unspecified atom stereocenters. The third-order valence-corrected chi connectivity index (χ3v) is 2.89. The summed E-state index contributed by atoms with van der Waals surface area (Å²) in [6, 6.07) is 8.82. The maximum Gasteiger partial charge on any atom is 0.157 e. The molecule has 102 valence electrons. The molecule has 0 atom stereocenters. The minimum Gasteiger partial charge on any atom is -0.486 e. The third-order valence-electron chi connectivity index (χ3n) is 2.89. The van der Waals surface area contributed by atoms with E-state index in [2.05, 4.69) is 42.5 Å². The molecule has 0 aliphatic heterocycles. The first-order chi connectivity index (χ1) is 9.15. The van der Waals surface area contributed by atoms with Gasteiger partial charge in [0, 0.05) is 19.6 Å². The second-order valence-corrected chi connectivity index (χ2v) is 4.94.